The van der Waals surface area contributed by atoms with E-state index in [1.54, 1.807) is 54.0 Å². The zero-order chi connectivity index (χ0) is 31.9. The minimum absolute atomic E-state index is 0.0463. The van der Waals surface area contributed by atoms with Crippen LogP contribution < -0.4 is 0 Å². The fraction of sp³-hybridized carbons (Fsp3) is 0.353. The van der Waals surface area contributed by atoms with Crippen LogP contribution in [-0.4, -0.2) is 44.2 Å². The molecule has 1 N–H and O–H groups in total. The number of aromatic amines is 1. The van der Waals surface area contributed by atoms with Gasteiger partial charge in [0, 0.05) is 44.0 Å². The van der Waals surface area contributed by atoms with Crippen molar-refractivity contribution in [2.75, 3.05) is 13.2 Å². The van der Waals surface area contributed by atoms with Gasteiger partial charge in [-0.2, -0.15) is 5.26 Å². The quantitative estimate of drug-likeness (QED) is 0.121. The molecule has 8 nitrogen and oxygen atoms in total. The predicted molar refractivity (Wildman–Crippen MR) is 177 cm³/mol. The second-order valence-corrected chi connectivity index (χ2v) is 20.2. The first-order chi connectivity index (χ1) is 20.8. The van der Waals surface area contributed by atoms with Gasteiger partial charge in [-0.25, -0.2) is 13.4 Å². The number of imidazole rings is 1. The van der Waals surface area contributed by atoms with Crippen molar-refractivity contribution in [3.05, 3.63) is 94.4 Å². The summed E-state index contributed by atoms with van der Waals surface area (Å²) in [6.45, 7) is 15.1. The van der Waals surface area contributed by atoms with Crippen LogP contribution in [0.2, 0.25) is 25.7 Å². The smallest absolute Gasteiger partial charge is 0.258 e. The zero-order valence-corrected chi connectivity index (χ0v) is 28.3. The number of aromatic nitrogens is 3. The molecular formula is C34H40N4O4SSi. The van der Waals surface area contributed by atoms with Crippen molar-refractivity contribution in [2.45, 2.75) is 69.9 Å². The van der Waals surface area contributed by atoms with Gasteiger partial charge in [0.1, 0.15) is 6.73 Å². The summed E-state index contributed by atoms with van der Waals surface area (Å²) >= 11 is 0. The molecule has 0 bridgehead atoms. The highest BCUT2D eigenvalue weighted by Gasteiger charge is 2.55. The van der Waals surface area contributed by atoms with Crippen LogP contribution >= 0.6 is 0 Å². The fourth-order valence-corrected chi connectivity index (χ4v) is 8.59. The van der Waals surface area contributed by atoms with Crippen molar-refractivity contribution in [3.63, 3.8) is 0 Å². The van der Waals surface area contributed by atoms with Crippen molar-refractivity contribution in [1.82, 2.24) is 14.5 Å². The summed E-state index contributed by atoms with van der Waals surface area (Å²) < 4.78 is 45.3. The van der Waals surface area contributed by atoms with Crippen LogP contribution in [0.1, 0.15) is 40.6 Å². The minimum Gasteiger partial charge on any atom is -0.361 e. The molecule has 44 heavy (non-hydrogen) atoms. The number of nitrogens with one attached hydrogen (secondary N) is 1. The molecule has 3 aromatic carbocycles. The first kappa shape index (κ1) is 31.7. The molecule has 0 amide bonds. The lowest BCUT2D eigenvalue weighted by Crippen LogP contribution is -2.43. The number of hydrogen-bond donors (Lipinski definition) is 1. The number of hydrogen-bond acceptors (Lipinski definition) is 6. The number of aryl methyl sites for hydroxylation is 3. The molecule has 5 aromatic rings. The average Bonchev–Trinajstić information content (AvgIpc) is 3.59. The largest absolute Gasteiger partial charge is 0.361 e. The third kappa shape index (κ3) is 5.50. The predicted octanol–water partition coefficient (Wildman–Crippen LogP) is 7.34. The highest BCUT2D eigenvalue weighted by molar-refractivity contribution is 7.92. The molecule has 0 aliphatic rings. The van der Waals surface area contributed by atoms with Gasteiger partial charge in [-0.15, -0.1) is 0 Å². The van der Waals surface area contributed by atoms with Gasteiger partial charge in [0.05, 0.1) is 27.6 Å². The Kier molecular flexibility index (Phi) is 8.62. The van der Waals surface area contributed by atoms with Gasteiger partial charge in [0.25, 0.3) is 4.93 Å². The Morgan fingerprint density at radius 1 is 1.02 bits per heavy atom. The molecule has 0 saturated heterocycles. The molecule has 10 heteroatoms. The van der Waals surface area contributed by atoms with E-state index in [4.69, 9.17) is 14.5 Å². The van der Waals surface area contributed by atoms with E-state index in [0.717, 1.165) is 33.6 Å². The lowest BCUT2D eigenvalue weighted by Gasteiger charge is -2.35. The first-order valence-electron chi connectivity index (χ1n) is 14.9. The molecule has 0 radical (unpaired) electrons. The molecule has 2 aromatic heterocycles. The van der Waals surface area contributed by atoms with Gasteiger partial charge >= 0.3 is 0 Å². The number of benzene rings is 3. The van der Waals surface area contributed by atoms with E-state index in [2.05, 4.69) is 30.7 Å². The third-order valence-electron chi connectivity index (χ3n) is 8.01. The van der Waals surface area contributed by atoms with Crippen LogP contribution in [0.15, 0.2) is 65.7 Å². The van der Waals surface area contributed by atoms with E-state index >= 15 is 8.42 Å². The second kappa shape index (κ2) is 12.0. The topological polar surface area (TPSA) is 110 Å². The van der Waals surface area contributed by atoms with Crippen molar-refractivity contribution in [3.8, 4) is 6.07 Å². The SMILES string of the molecule is CCOC(c1c(C)cc(C)c2[nH]ccc12)(c1nc2ccc(C#N)cc2n1COCC[Si](C)(C)C)S(=O)(=O)c1ccc(C)cc1. The maximum atomic E-state index is 15.3. The Labute approximate surface area is 260 Å². The number of sulfone groups is 1. The second-order valence-electron chi connectivity index (χ2n) is 12.5. The van der Waals surface area contributed by atoms with Gasteiger partial charge in [-0.3, -0.25) is 0 Å². The molecule has 0 aliphatic carbocycles. The van der Waals surface area contributed by atoms with E-state index in [1.165, 1.54) is 0 Å². The Balaban J connectivity index is 1.91. The van der Waals surface area contributed by atoms with E-state index in [0.29, 0.717) is 28.8 Å². The number of rotatable bonds is 11. The van der Waals surface area contributed by atoms with Crippen molar-refractivity contribution >= 4 is 39.8 Å². The molecule has 0 saturated carbocycles. The van der Waals surface area contributed by atoms with E-state index < -0.39 is 22.8 Å². The summed E-state index contributed by atoms with van der Waals surface area (Å²) in [5, 5.41) is 10.5. The summed E-state index contributed by atoms with van der Waals surface area (Å²) in [6, 6.07) is 19.0. The number of fused-ring (bicyclic) bond motifs is 2. The van der Waals surface area contributed by atoms with Gasteiger partial charge in [-0.1, -0.05) is 43.4 Å². The Morgan fingerprint density at radius 3 is 2.41 bits per heavy atom. The molecule has 5 rings (SSSR count). The van der Waals surface area contributed by atoms with Crippen LogP contribution in [-0.2, 0) is 31.0 Å². The molecule has 2 heterocycles. The molecule has 1 unspecified atom stereocenters. The van der Waals surface area contributed by atoms with Gasteiger partial charge in [0.2, 0.25) is 9.84 Å². The van der Waals surface area contributed by atoms with Crippen LogP contribution in [0, 0.1) is 32.1 Å². The van der Waals surface area contributed by atoms with E-state index in [1.807, 2.05) is 39.1 Å². The van der Waals surface area contributed by atoms with Crippen LogP contribution in [0.5, 0.6) is 0 Å². The standard InChI is InChI=1S/C34H40N4O4SSi/c1-8-42-34(43(39,40)27-12-9-23(2)10-13-27,31-24(3)19-25(4)32-28(31)15-16-36-32)33-37-29-14-11-26(21-35)20-30(29)38(33)22-41-17-18-44(5,6)7/h9-16,19-20,36H,8,17-18,22H2,1-7H3. The fourth-order valence-electron chi connectivity index (χ4n) is 5.80. The van der Waals surface area contributed by atoms with E-state index in [-0.39, 0.29) is 24.1 Å². The third-order valence-corrected chi connectivity index (χ3v) is 11.9. The number of ether oxygens (including phenoxy) is 2. The van der Waals surface area contributed by atoms with Crippen molar-refractivity contribution < 1.29 is 17.9 Å². The lowest BCUT2D eigenvalue weighted by molar-refractivity contribution is 0.0334. The first-order valence-corrected chi connectivity index (χ1v) is 20.0. The van der Waals surface area contributed by atoms with Crippen LogP contribution in [0.25, 0.3) is 21.9 Å². The Bertz CT molecular complexity index is 1980. The maximum absolute atomic E-state index is 15.3. The number of H-pyrrole nitrogens is 1. The minimum atomic E-state index is -4.33. The Hall–Kier alpha value is -3.75. The summed E-state index contributed by atoms with van der Waals surface area (Å²) in [6.07, 6.45) is 1.82. The molecule has 0 fully saturated rings. The van der Waals surface area contributed by atoms with E-state index in [9.17, 15) is 5.26 Å². The summed E-state index contributed by atoms with van der Waals surface area (Å²) in [5.41, 5.74) is 5.61. The zero-order valence-electron chi connectivity index (χ0n) is 26.5. The molecule has 230 valence electrons. The van der Waals surface area contributed by atoms with Crippen LogP contribution in [0.3, 0.4) is 0 Å². The number of nitrogens with zero attached hydrogens (tertiary/aromatic N) is 3. The highest BCUT2D eigenvalue weighted by atomic mass is 32.2. The highest BCUT2D eigenvalue weighted by Crippen LogP contribution is 2.48. The lowest BCUT2D eigenvalue weighted by atomic mass is 9.95. The monoisotopic (exact) mass is 628 g/mol. The normalized spacial score (nSPS) is 13.8. The maximum Gasteiger partial charge on any atom is 0.258 e. The molecule has 0 spiro atoms. The average molecular weight is 629 g/mol. The summed E-state index contributed by atoms with van der Waals surface area (Å²) in [7, 11) is -5.72. The summed E-state index contributed by atoms with van der Waals surface area (Å²) in [5.74, 6) is 0.187. The van der Waals surface area contributed by atoms with Gasteiger partial charge in [0.15, 0.2) is 5.82 Å². The Morgan fingerprint density at radius 2 is 1.75 bits per heavy atom. The number of nitriles is 1. The van der Waals surface area contributed by atoms with Crippen LogP contribution in [0.4, 0.5) is 0 Å². The van der Waals surface area contributed by atoms with Crippen molar-refractivity contribution in [2.24, 2.45) is 0 Å². The van der Waals surface area contributed by atoms with Gasteiger partial charge in [-0.05, 0) is 81.3 Å². The summed E-state index contributed by atoms with van der Waals surface area (Å²) in [4.78, 5) is 6.38. The molecule has 1 atom stereocenters. The van der Waals surface area contributed by atoms with Gasteiger partial charge < -0.3 is 19.0 Å². The van der Waals surface area contributed by atoms with Crippen molar-refractivity contribution in [1.29, 1.82) is 5.26 Å². The molecule has 0 aliphatic heterocycles. The molecular weight excluding hydrogens is 589 g/mol.